The van der Waals surface area contributed by atoms with E-state index in [0.29, 0.717) is 6.04 Å². The summed E-state index contributed by atoms with van der Waals surface area (Å²) >= 11 is 0. The van der Waals surface area contributed by atoms with E-state index >= 15 is 0 Å². The van der Waals surface area contributed by atoms with Crippen molar-refractivity contribution >= 4 is 0 Å². The zero-order valence-electron chi connectivity index (χ0n) is 9.61. The molecule has 0 aliphatic carbocycles. The number of nitrogens with zero attached hydrogens (tertiary/aromatic N) is 3. The zero-order valence-corrected chi connectivity index (χ0v) is 9.61. The van der Waals surface area contributed by atoms with Crippen LogP contribution < -0.4 is 5.32 Å². The Morgan fingerprint density at radius 3 is 3.20 bits per heavy atom. The molecule has 0 saturated carbocycles. The van der Waals surface area contributed by atoms with Crippen molar-refractivity contribution in [1.29, 1.82) is 0 Å². The minimum atomic E-state index is 0.606. The fourth-order valence-corrected chi connectivity index (χ4v) is 2.35. The number of hydrogen-bond donors (Lipinski definition) is 1. The fourth-order valence-electron chi connectivity index (χ4n) is 2.35. The first kappa shape index (κ1) is 10.6. The van der Waals surface area contributed by atoms with Crippen molar-refractivity contribution in [3.63, 3.8) is 0 Å². The van der Waals surface area contributed by atoms with Crippen molar-refractivity contribution in [1.82, 2.24) is 19.8 Å². The second kappa shape index (κ2) is 4.77. The molecule has 0 aromatic carbocycles. The number of rotatable bonds is 3. The SMILES string of the molecule is CNCc1cncn1C1CCCN(C)C1. The van der Waals surface area contributed by atoms with Gasteiger partial charge in [0.2, 0.25) is 0 Å². The predicted octanol–water partition coefficient (Wildman–Crippen LogP) is 0.869. The molecule has 4 heteroatoms. The molecule has 4 nitrogen and oxygen atoms in total. The molecule has 2 rings (SSSR count). The molecular formula is C11H20N4. The van der Waals surface area contributed by atoms with Crippen LogP contribution in [0.5, 0.6) is 0 Å². The van der Waals surface area contributed by atoms with Gasteiger partial charge in [-0.15, -0.1) is 0 Å². The van der Waals surface area contributed by atoms with Crippen molar-refractivity contribution in [2.75, 3.05) is 27.2 Å². The summed E-state index contributed by atoms with van der Waals surface area (Å²) in [6.45, 7) is 3.28. The molecular weight excluding hydrogens is 188 g/mol. The summed E-state index contributed by atoms with van der Waals surface area (Å²) in [4.78, 5) is 6.65. The van der Waals surface area contributed by atoms with Crippen molar-refractivity contribution in [2.24, 2.45) is 0 Å². The van der Waals surface area contributed by atoms with Crippen molar-refractivity contribution in [3.8, 4) is 0 Å². The van der Waals surface area contributed by atoms with Gasteiger partial charge in [0, 0.05) is 25.3 Å². The van der Waals surface area contributed by atoms with E-state index in [4.69, 9.17) is 0 Å². The average Bonchev–Trinajstić information content (AvgIpc) is 2.66. The van der Waals surface area contributed by atoms with Crippen LogP contribution in [0, 0.1) is 0 Å². The van der Waals surface area contributed by atoms with Gasteiger partial charge in [-0.25, -0.2) is 4.98 Å². The highest BCUT2D eigenvalue weighted by Crippen LogP contribution is 2.21. The maximum atomic E-state index is 4.25. The molecule has 0 radical (unpaired) electrons. The highest BCUT2D eigenvalue weighted by molar-refractivity contribution is 5.01. The number of nitrogens with one attached hydrogen (secondary N) is 1. The normalized spacial score (nSPS) is 23.2. The van der Waals surface area contributed by atoms with Crippen LogP contribution in [0.3, 0.4) is 0 Å². The smallest absolute Gasteiger partial charge is 0.0951 e. The first-order chi connectivity index (χ1) is 7.31. The molecule has 1 aliphatic rings. The molecule has 1 unspecified atom stereocenters. The minimum absolute atomic E-state index is 0.606. The molecule has 2 heterocycles. The third kappa shape index (κ3) is 2.38. The number of hydrogen-bond acceptors (Lipinski definition) is 3. The van der Waals surface area contributed by atoms with E-state index in [1.165, 1.54) is 25.1 Å². The van der Waals surface area contributed by atoms with Crippen LogP contribution >= 0.6 is 0 Å². The van der Waals surface area contributed by atoms with Gasteiger partial charge in [0.15, 0.2) is 0 Å². The Balaban J connectivity index is 2.10. The van der Waals surface area contributed by atoms with Gasteiger partial charge in [0.25, 0.3) is 0 Å². The van der Waals surface area contributed by atoms with Gasteiger partial charge in [0.1, 0.15) is 0 Å². The van der Waals surface area contributed by atoms with Gasteiger partial charge in [-0.2, -0.15) is 0 Å². The van der Waals surface area contributed by atoms with Crippen LogP contribution in [0.1, 0.15) is 24.6 Å². The van der Waals surface area contributed by atoms with Crippen LogP contribution in [-0.2, 0) is 6.54 Å². The quantitative estimate of drug-likeness (QED) is 0.800. The molecule has 1 aromatic heterocycles. The zero-order chi connectivity index (χ0) is 10.7. The number of imidazole rings is 1. The Hall–Kier alpha value is -0.870. The van der Waals surface area contributed by atoms with E-state index in [-0.39, 0.29) is 0 Å². The van der Waals surface area contributed by atoms with E-state index in [2.05, 4.69) is 26.8 Å². The van der Waals surface area contributed by atoms with Crippen LogP contribution in [-0.4, -0.2) is 41.6 Å². The topological polar surface area (TPSA) is 33.1 Å². The molecule has 15 heavy (non-hydrogen) atoms. The summed E-state index contributed by atoms with van der Waals surface area (Å²) in [5, 5.41) is 3.19. The molecule has 1 fully saturated rings. The van der Waals surface area contributed by atoms with E-state index in [9.17, 15) is 0 Å². The minimum Gasteiger partial charge on any atom is -0.329 e. The molecule has 84 valence electrons. The van der Waals surface area contributed by atoms with Crippen LogP contribution in [0.4, 0.5) is 0 Å². The highest BCUT2D eigenvalue weighted by Gasteiger charge is 2.19. The third-order valence-corrected chi connectivity index (χ3v) is 3.10. The summed E-state index contributed by atoms with van der Waals surface area (Å²) in [6, 6.07) is 0.606. The predicted molar refractivity (Wildman–Crippen MR) is 60.8 cm³/mol. The summed E-state index contributed by atoms with van der Waals surface area (Å²) in [5.41, 5.74) is 1.29. The first-order valence-electron chi connectivity index (χ1n) is 5.65. The van der Waals surface area contributed by atoms with E-state index in [1.807, 2.05) is 19.6 Å². The third-order valence-electron chi connectivity index (χ3n) is 3.10. The Morgan fingerprint density at radius 2 is 2.47 bits per heavy atom. The lowest BCUT2D eigenvalue weighted by Crippen LogP contribution is -2.34. The Morgan fingerprint density at radius 1 is 1.60 bits per heavy atom. The number of likely N-dealkylation sites (tertiary alicyclic amines) is 1. The Kier molecular flexibility index (Phi) is 3.38. The maximum Gasteiger partial charge on any atom is 0.0951 e. The molecule has 0 amide bonds. The maximum absolute atomic E-state index is 4.25. The molecule has 1 N–H and O–H groups in total. The largest absolute Gasteiger partial charge is 0.329 e. The van der Waals surface area contributed by atoms with Gasteiger partial charge in [-0.1, -0.05) is 0 Å². The lowest BCUT2D eigenvalue weighted by Gasteiger charge is -2.31. The Bertz CT molecular complexity index is 307. The standard InChI is InChI=1S/C11H20N4/c1-12-6-11-7-13-9-15(11)10-4-3-5-14(2)8-10/h7,9-10,12H,3-6,8H2,1-2H3. The van der Waals surface area contributed by atoms with Gasteiger partial charge in [0.05, 0.1) is 12.0 Å². The number of aromatic nitrogens is 2. The van der Waals surface area contributed by atoms with Crippen LogP contribution in [0.25, 0.3) is 0 Å². The van der Waals surface area contributed by atoms with E-state index < -0.39 is 0 Å². The Labute approximate surface area is 91.3 Å². The number of piperidine rings is 1. The monoisotopic (exact) mass is 208 g/mol. The first-order valence-corrected chi connectivity index (χ1v) is 5.65. The number of likely N-dealkylation sites (N-methyl/N-ethyl adjacent to an activating group) is 1. The average molecular weight is 208 g/mol. The van der Waals surface area contributed by atoms with Crippen LogP contribution in [0.2, 0.25) is 0 Å². The second-order valence-corrected chi connectivity index (χ2v) is 4.38. The lowest BCUT2D eigenvalue weighted by molar-refractivity contribution is 0.209. The lowest BCUT2D eigenvalue weighted by atomic mass is 10.1. The van der Waals surface area contributed by atoms with Gasteiger partial charge >= 0.3 is 0 Å². The summed E-state index contributed by atoms with van der Waals surface area (Å²) in [5.74, 6) is 0. The molecule has 0 spiro atoms. The summed E-state index contributed by atoms with van der Waals surface area (Å²) in [6.07, 6.45) is 6.50. The molecule has 0 bridgehead atoms. The molecule has 1 saturated heterocycles. The van der Waals surface area contributed by atoms with Crippen LogP contribution in [0.15, 0.2) is 12.5 Å². The second-order valence-electron chi connectivity index (χ2n) is 4.38. The molecule has 1 aliphatic heterocycles. The fraction of sp³-hybridized carbons (Fsp3) is 0.727. The summed E-state index contributed by atoms with van der Waals surface area (Å²) in [7, 11) is 4.17. The van der Waals surface area contributed by atoms with Gasteiger partial charge in [-0.3, -0.25) is 0 Å². The highest BCUT2D eigenvalue weighted by atomic mass is 15.2. The van der Waals surface area contributed by atoms with Gasteiger partial charge < -0.3 is 14.8 Å². The molecule has 1 atom stereocenters. The van der Waals surface area contributed by atoms with E-state index in [0.717, 1.165) is 13.1 Å². The summed E-state index contributed by atoms with van der Waals surface area (Å²) < 4.78 is 2.33. The van der Waals surface area contributed by atoms with E-state index in [1.54, 1.807) is 0 Å². The van der Waals surface area contributed by atoms with Crippen molar-refractivity contribution < 1.29 is 0 Å². The molecule has 1 aromatic rings. The van der Waals surface area contributed by atoms with Crippen molar-refractivity contribution in [2.45, 2.75) is 25.4 Å². The van der Waals surface area contributed by atoms with Crippen molar-refractivity contribution in [3.05, 3.63) is 18.2 Å². The van der Waals surface area contributed by atoms with Gasteiger partial charge in [-0.05, 0) is 33.5 Å².